The molecule has 2 aromatic carbocycles. The number of halogens is 3. The van der Waals surface area contributed by atoms with Crippen LogP contribution in [0.3, 0.4) is 0 Å². The van der Waals surface area contributed by atoms with Gasteiger partial charge in [-0.15, -0.1) is 0 Å². The van der Waals surface area contributed by atoms with E-state index < -0.39 is 6.09 Å². The molecule has 2 atom stereocenters. The predicted molar refractivity (Wildman–Crippen MR) is 145 cm³/mol. The van der Waals surface area contributed by atoms with Crippen molar-refractivity contribution in [1.82, 2.24) is 10.2 Å². The lowest BCUT2D eigenvalue weighted by Gasteiger charge is -2.35. The van der Waals surface area contributed by atoms with Crippen LogP contribution in [0.1, 0.15) is 37.8 Å². The number of hydrogen-bond acceptors (Lipinski definition) is 5. The van der Waals surface area contributed by atoms with Crippen LogP contribution in [-0.2, 0) is 9.53 Å². The molecule has 2 aliphatic heterocycles. The highest BCUT2D eigenvalue weighted by atomic mass is 35.5. The summed E-state index contributed by atoms with van der Waals surface area (Å²) in [6, 6.07) is 11.3. The summed E-state index contributed by atoms with van der Waals surface area (Å²) in [5.74, 6) is 0.172. The van der Waals surface area contributed by atoms with Gasteiger partial charge < -0.3 is 25.2 Å². The van der Waals surface area contributed by atoms with E-state index in [9.17, 15) is 9.59 Å². The number of carbonyl (C=O) groups excluding carboxylic acids is 2. The minimum absolute atomic E-state index is 0.00455. The molecule has 2 saturated heterocycles. The third kappa shape index (κ3) is 6.31. The van der Waals surface area contributed by atoms with Gasteiger partial charge in [0.1, 0.15) is 0 Å². The number of piperidine rings is 1. The maximum atomic E-state index is 13.1. The van der Waals surface area contributed by atoms with Gasteiger partial charge in [0.25, 0.3) is 0 Å². The van der Waals surface area contributed by atoms with Gasteiger partial charge in [0.15, 0.2) is 0 Å². The highest BCUT2D eigenvalue weighted by molar-refractivity contribution is 6.35. The Kier molecular flexibility index (Phi) is 8.75. The largest absolute Gasteiger partial charge is 0.453 e. The number of amides is 2. The average Bonchev–Trinajstić information content (AvgIpc) is 3.33. The quantitative estimate of drug-likeness (QED) is 0.459. The van der Waals surface area contributed by atoms with Gasteiger partial charge in [-0.25, -0.2) is 4.79 Å². The molecule has 0 bridgehead atoms. The van der Waals surface area contributed by atoms with Gasteiger partial charge in [-0.1, -0.05) is 40.9 Å². The third-order valence-electron chi connectivity index (χ3n) is 6.97. The standard InChI is InChI=1S/C26H31Cl3N4O3/c1-16(21-5-3-18(27)13-23(21)29)30-24-14-20(4-6-22(24)28)32-10-7-17(8-11-32)25(34)33-12-9-19(15-33)31-26(35)36-2/h3-6,13-14,16-17,19,30H,7-12,15H2,1-2H3,(H,31,35). The molecule has 2 amide bonds. The summed E-state index contributed by atoms with van der Waals surface area (Å²) in [4.78, 5) is 28.7. The zero-order valence-corrected chi connectivity index (χ0v) is 22.7. The van der Waals surface area contributed by atoms with E-state index in [0.717, 1.165) is 49.3 Å². The number of carbonyl (C=O) groups is 2. The van der Waals surface area contributed by atoms with Crippen molar-refractivity contribution in [2.24, 2.45) is 5.92 Å². The van der Waals surface area contributed by atoms with Gasteiger partial charge >= 0.3 is 6.09 Å². The summed E-state index contributed by atoms with van der Waals surface area (Å²) in [5, 5.41) is 8.09. The molecule has 2 aromatic rings. The Morgan fingerprint density at radius 3 is 2.44 bits per heavy atom. The molecule has 2 fully saturated rings. The maximum absolute atomic E-state index is 13.1. The smallest absolute Gasteiger partial charge is 0.407 e. The number of ether oxygens (including phenoxy) is 1. The van der Waals surface area contributed by atoms with Crippen molar-refractivity contribution in [3.8, 4) is 0 Å². The topological polar surface area (TPSA) is 73.9 Å². The number of nitrogens with one attached hydrogen (secondary N) is 2. The monoisotopic (exact) mass is 552 g/mol. The number of nitrogens with zero attached hydrogens (tertiary/aromatic N) is 2. The number of alkyl carbamates (subject to hydrolysis) is 1. The molecule has 2 unspecified atom stereocenters. The first-order valence-corrected chi connectivity index (χ1v) is 13.3. The van der Waals surface area contributed by atoms with E-state index in [2.05, 4.69) is 20.3 Å². The lowest BCUT2D eigenvalue weighted by atomic mass is 9.95. The fourth-order valence-electron chi connectivity index (χ4n) is 4.93. The SMILES string of the molecule is COC(=O)NC1CCN(C(=O)C2CCN(c3ccc(Cl)c(NC(C)c4ccc(Cl)cc4Cl)c3)CC2)C1. The normalized spacial score (nSPS) is 19.2. The van der Waals surface area contributed by atoms with Gasteiger partial charge in [-0.2, -0.15) is 0 Å². The van der Waals surface area contributed by atoms with E-state index >= 15 is 0 Å². The summed E-state index contributed by atoms with van der Waals surface area (Å²) in [6.45, 7) is 4.80. The summed E-state index contributed by atoms with van der Waals surface area (Å²) >= 11 is 18.9. The van der Waals surface area contributed by atoms with Crippen LogP contribution < -0.4 is 15.5 Å². The Morgan fingerprint density at radius 2 is 1.75 bits per heavy atom. The molecule has 7 nitrogen and oxygen atoms in total. The number of rotatable bonds is 6. The first-order valence-electron chi connectivity index (χ1n) is 12.1. The van der Waals surface area contributed by atoms with Crippen LogP contribution in [0.25, 0.3) is 0 Å². The molecule has 0 aromatic heterocycles. The van der Waals surface area contributed by atoms with Gasteiger partial charge in [0.05, 0.1) is 29.9 Å². The minimum atomic E-state index is -0.454. The number of anilines is 2. The summed E-state index contributed by atoms with van der Waals surface area (Å²) in [6.07, 6.45) is 1.86. The van der Waals surface area contributed by atoms with E-state index in [-0.39, 0.29) is 23.9 Å². The molecule has 2 heterocycles. The number of hydrogen-bond donors (Lipinski definition) is 2. The fraction of sp³-hybridized carbons (Fsp3) is 0.462. The highest BCUT2D eigenvalue weighted by Gasteiger charge is 2.33. The number of methoxy groups -OCH3 is 1. The molecule has 0 radical (unpaired) electrons. The van der Waals surface area contributed by atoms with E-state index in [4.69, 9.17) is 34.8 Å². The second kappa shape index (κ2) is 11.8. The first kappa shape index (κ1) is 26.7. The molecule has 2 aliphatic rings. The van der Waals surface area contributed by atoms with Crippen molar-refractivity contribution in [2.45, 2.75) is 38.3 Å². The van der Waals surface area contributed by atoms with Crippen molar-refractivity contribution in [2.75, 3.05) is 43.5 Å². The molecule has 194 valence electrons. The zero-order chi connectivity index (χ0) is 25.8. The summed E-state index contributed by atoms with van der Waals surface area (Å²) in [5.41, 5.74) is 2.82. The summed E-state index contributed by atoms with van der Waals surface area (Å²) < 4.78 is 4.66. The lowest BCUT2D eigenvalue weighted by Crippen LogP contribution is -2.43. The molecule has 0 aliphatic carbocycles. The Balaban J connectivity index is 1.34. The molecule has 2 N–H and O–H groups in total. The third-order valence-corrected chi connectivity index (χ3v) is 7.86. The van der Waals surface area contributed by atoms with Crippen LogP contribution in [0.15, 0.2) is 36.4 Å². The average molecular weight is 554 g/mol. The van der Waals surface area contributed by atoms with Crippen LogP contribution in [0, 0.1) is 5.92 Å². The maximum Gasteiger partial charge on any atom is 0.407 e. The van der Waals surface area contributed by atoms with Crippen LogP contribution in [0.5, 0.6) is 0 Å². The minimum Gasteiger partial charge on any atom is -0.453 e. The molecule has 0 saturated carbocycles. The van der Waals surface area contributed by atoms with Gasteiger partial charge in [0.2, 0.25) is 5.91 Å². The Morgan fingerprint density at radius 1 is 1.00 bits per heavy atom. The first-order chi connectivity index (χ1) is 17.2. The molecule has 4 rings (SSSR count). The van der Waals surface area contributed by atoms with Crippen LogP contribution in [0.4, 0.5) is 16.2 Å². The molecule has 0 spiro atoms. The second-order valence-electron chi connectivity index (χ2n) is 9.36. The fourth-order valence-corrected chi connectivity index (χ4v) is 5.68. The predicted octanol–water partition coefficient (Wildman–Crippen LogP) is 5.99. The Bertz CT molecular complexity index is 1110. The van der Waals surface area contributed by atoms with Crippen LogP contribution in [-0.4, -0.2) is 56.2 Å². The van der Waals surface area contributed by atoms with Gasteiger partial charge in [0, 0.05) is 47.8 Å². The van der Waals surface area contributed by atoms with Gasteiger partial charge in [-0.3, -0.25) is 4.79 Å². The van der Waals surface area contributed by atoms with Crippen molar-refractivity contribution in [3.05, 3.63) is 57.0 Å². The Hall–Kier alpha value is -2.35. The molecule has 10 heteroatoms. The molecular formula is C26H31Cl3N4O3. The van der Waals surface area contributed by atoms with Crippen molar-refractivity contribution >= 4 is 58.2 Å². The van der Waals surface area contributed by atoms with Crippen molar-refractivity contribution in [3.63, 3.8) is 0 Å². The molecular weight excluding hydrogens is 523 g/mol. The Labute approximate surface area is 227 Å². The number of benzene rings is 2. The van der Waals surface area contributed by atoms with Crippen LogP contribution in [0.2, 0.25) is 15.1 Å². The van der Waals surface area contributed by atoms with Gasteiger partial charge in [-0.05, 0) is 62.1 Å². The van der Waals surface area contributed by atoms with Crippen molar-refractivity contribution in [1.29, 1.82) is 0 Å². The van der Waals surface area contributed by atoms with Crippen molar-refractivity contribution < 1.29 is 14.3 Å². The van der Waals surface area contributed by atoms with E-state index in [0.29, 0.717) is 28.2 Å². The highest BCUT2D eigenvalue weighted by Crippen LogP contribution is 2.34. The lowest BCUT2D eigenvalue weighted by molar-refractivity contribution is -0.135. The summed E-state index contributed by atoms with van der Waals surface area (Å²) in [7, 11) is 1.34. The zero-order valence-electron chi connectivity index (χ0n) is 20.4. The second-order valence-corrected chi connectivity index (χ2v) is 10.6. The van der Waals surface area contributed by atoms with E-state index in [1.54, 1.807) is 6.07 Å². The van der Waals surface area contributed by atoms with Crippen LogP contribution >= 0.6 is 34.8 Å². The number of likely N-dealkylation sites (tertiary alicyclic amines) is 1. The van der Waals surface area contributed by atoms with E-state index in [1.807, 2.05) is 42.2 Å². The molecule has 36 heavy (non-hydrogen) atoms. The van der Waals surface area contributed by atoms with E-state index in [1.165, 1.54) is 7.11 Å².